The summed E-state index contributed by atoms with van der Waals surface area (Å²) in [6.45, 7) is 2.03. The molecule has 0 radical (unpaired) electrons. The van der Waals surface area contributed by atoms with E-state index in [0.717, 1.165) is 17.2 Å². The second kappa shape index (κ2) is 7.03. The van der Waals surface area contributed by atoms with Crippen molar-refractivity contribution in [2.75, 3.05) is 0 Å². The zero-order chi connectivity index (χ0) is 18.8. The fourth-order valence-corrected chi connectivity index (χ4v) is 3.21. The average Bonchev–Trinajstić information content (AvgIpc) is 2.69. The number of hydrogen-bond acceptors (Lipinski definition) is 4. The summed E-state index contributed by atoms with van der Waals surface area (Å²) in [6, 6.07) is 18.5. The zero-order valence-corrected chi connectivity index (χ0v) is 15.0. The van der Waals surface area contributed by atoms with Crippen molar-refractivity contribution < 1.29 is 5.11 Å². The molecule has 0 aliphatic heterocycles. The Balaban J connectivity index is 1.91. The number of phenols is 1. The largest absolute Gasteiger partial charge is 0.507 e. The van der Waals surface area contributed by atoms with Crippen LogP contribution in [0.1, 0.15) is 24.7 Å². The first-order valence-corrected chi connectivity index (χ1v) is 8.95. The molecule has 0 saturated carbocycles. The van der Waals surface area contributed by atoms with Crippen LogP contribution in [-0.4, -0.2) is 21.0 Å². The normalized spacial score (nSPS) is 11.6. The third-order valence-corrected chi connectivity index (χ3v) is 4.54. The number of fused-ring (bicyclic) bond motifs is 2. The minimum absolute atomic E-state index is 0.122. The first-order valence-electron chi connectivity index (χ1n) is 8.95. The highest BCUT2D eigenvalue weighted by Gasteiger charge is 2.10. The number of rotatable bonds is 4. The average molecular weight is 357 g/mol. The topological polar surface area (TPSA) is 67.5 Å². The standard InChI is InChI=1S/C22H19N3O2/c1-2-7-21-24-19-11-6-5-10-17(19)22(27)25(21)23-14-18-16-9-4-3-8-15(16)12-13-20(18)26/h3-6,8-14,26H,2,7H2,1H3. The Labute approximate surface area is 156 Å². The van der Waals surface area contributed by atoms with Crippen molar-refractivity contribution in [1.82, 2.24) is 9.66 Å². The van der Waals surface area contributed by atoms with Gasteiger partial charge in [0, 0.05) is 12.0 Å². The third kappa shape index (κ3) is 3.08. The van der Waals surface area contributed by atoms with E-state index in [1.807, 2.05) is 55.5 Å². The molecule has 0 atom stereocenters. The fourth-order valence-electron chi connectivity index (χ4n) is 3.21. The lowest BCUT2D eigenvalue weighted by Gasteiger charge is -2.09. The lowest BCUT2D eigenvalue weighted by molar-refractivity contribution is 0.475. The minimum atomic E-state index is -0.208. The predicted octanol–water partition coefficient (Wildman–Crippen LogP) is 4.09. The number of phenolic OH excluding ortho intramolecular Hbond substituents is 1. The van der Waals surface area contributed by atoms with Crippen molar-refractivity contribution in [2.45, 2.75) is 19.8 Å². The molecule has 4 rings (SSSR count). The number of benzene rings is 3. The summed E-state index contributed by atoms with van der Waals surface area (Å²) in [5.41, 5.74) is 1.04. The molecule has 4 aromatic rings. The van der Waals surface area contributed by atoms with Crippen LogP contribution < -0.4 is 5.56 Å². The summed E-state index contributed by atoms with van der Waals surface area (Å²) in [5, 5.41) is 17.1. The number of hydrogen-bond donors (Lipinski definition) is 1. The van der Waals surface area contributed by atoms with Gasteiger partial charge in [-0.05, 0) is 35.4 Å². The Hall–Kier alpha value is -3.47. The van der Waals surface area contributed by atoms with E-state index in [2.05, 4.69) is 10.1 Å². The van der Waals surface area contributed by atoms with E-state index in [1.54, 1.807) is 12.1 Å². The third-order valence-electron chi connectivity index (χ3n) is 4.54. The summed E-state index contributed by atoms with van der Waals surface area (Å²) < 4.78 is 1.34. The molecule has 0 aliphatic rings. The molecule has 1 N–H and O–H groups in total. The zero-order valence-electron chi connectivity index (χ0n) is 15.0. The van der Waals surface area contributed by atoms with Gasteiger partial charge in [-0.2, -0.15) is 9.78 Å². The second-order valence-electron chi connectivity index (χ2n) is 6.38. The summed E-state index contributed by atoms with van der Waals surface area (Å²) >= 11 is 0. The quantitative estimate of drug-likeness (QED) is 0.559. The van der Waals surface area contributed by atoms with Crippen LogP contribution in [0.2, 0.25) is 0 Å². The molecule has 1 aromatic heterocycles. The van der Waals surface area contributed by atoms with Gasteiger partial charge < -0.3 is 5.11 Å². The number of para-hydroxylation sites is 1. The van der Waals surface area contributed by atoms with Gasteiger partial charge in [-0.1, -0.05) is 49.4 Å². The maximum Gasteiger partial charge on any atom is 0.282 e. The number of aryl methyl sites for hydroxylation is 1. The summed E-state index contributed by atoms with van der Waals surface area (Å²) in [7, 11) is 0. The van der Waals surface area contributed by atoms with Crippen molar-refractivity contribution in [1.29, 1.82) is 0 Å². The maximum atomic E-state index is 12.9. The fraction of sp³-hybridized carbons (Fsp3) is 0.136. The molecule has 27 heavy (non-hydrogen) atoms. The van der Waals surface area contributed by atoms with Crippen LogP contribution in [0, 0.1) is 0 Å². The van der Waals surface area contributed by atoms with Crippen LogP contribution in [0.3, 0.4) is 0 Å². The van der Waals surface area contributed by atoms with E-state index < -0.39 is 0 Å². The van der Waals surface area contributed by atoms with Crippen molar-refractivity contribution in [2.24, 2.45) is 5.10 Å². The molecular weight excluding hydrogens is 338 g/mol. The molecule has 0 spiro atoms. The van der Waals surface area contributed by atoms with Crippen molar-refractivity contribution in [3.05, 3.63) is 82.4 Å². The van der Waals surface area contributed by atoms with Gasteiger partial charge in [0.25, 0.3) is 5.56 Å². The van der Waals surface area contributed by atoms with Crippen LogP contribution in [0.25, 0.3) is 21.7 Å². The van der Waals surface area contributed by atoms with Gasteiger partial charge in [0.15, 0.2) is 0 Å². The first kappa shape index (κ1) is 17.0. The highest BCUT2D eigenvalue weighted by molar-refractivity contribution is 6.02. The maximum absolute atomic E-state index is 12.9. The molecule has 0 bridgehead atoms. The minimum Gasteiger partial charge on any atom is -0.507 e. The highest BCUT2D eigenvalue weighted by Crippen LogP contribution is 2.25. The van der Waals surface area contributed by atoms with Crippen LogP contribution >= 0.6 is 0 Å². The molecule has 5 heteroatoms. The van der Waals surface area contributed by atoms with Gasteiger partial charge in [-0.3, -0.25) is 4.79 Å². The Morgan fingerprint density at radius 2 is 1.78 bits per heavy atom. The number of aromatic hydroxyl groups is 1. The van der Waals surface area contributed by atoms with E-state index in [0.29, 0.717) is 28.7 Å². The van der Waals surface area contributed by atoms with Crippen LogP contribution in [0.15, 0.2) is 70.6 Å². The molecule has 0 saturated heterocycles. The van der Waals surface area contributed by atoms with Gasteiger partial charge in [0.1, 0.15) is 11.6 Å². The van der Waals surface area contributed by atoms with Gasteiger partial charge in [-0.15, -0.1) is 0 Å². The molecule has 0 amide bonds. The SMILES string of the molecule is CCCc1nc2ccccc2c(=O)n1N=Cc1c(O)ccc2ccccc12. The Morgan fingerprint density at radius 3 is 2.59 bits per heavy atom. The van der Waals surface area contributed by atoms with E-state index in [-0.39, 0.29) is 11.3 Å². The Morgan fingerprint density at radius 1 is 1.04 bits per heavy atom. The molecule has 0 unspecified atom stereocenters. The van der Waals surface area contributed by atoms with Gasteiger partial charge in [-0.25, -0.2) is 4.98 Å². The molecular formula is C22H19N3O2. The monoisotopic (exact) mass is 357 g/mol. The lowest BCUT2D eigenvalue weighted by Crippen LogP contribution is -2.22. The number of aromatic nitrogens is 2. The van der Waals surface area contributed by atoms with Crippen LogP contribution in [0.4, 0.5) is 0 Å². The molecule has 0 aliphatic carbocycles. The Bertz CT molecular complexity index is 1230. The van der Waals surface area contributed by atoms with E-state index >= 15 is 0 Å². The smallest absolute Gasteiger partial charge is 0.282 e. The van der Waals surface area contributed by atoms with E-state index in [4.69, 9.17) is 0 Å². The van der Waals surface area contributed by atoms with Crippen molar-refractivity contribution in [3.8, 4) is 5.75 Å². The molecule has 0 fully saturated rings. The molecule has 3 aromatic carbocycles. The lowest BCUT2D eigenvalue weighted by atomic mass is 10.0. The van der Waals surface area contributed by atoms with E-state index in [9.17, 15) is 9.90 Å². The van der Waals surface area contributed by atoms with Crippen LogP contribution in [-0.2, 0) is 6.42 Å². The van der Waals surface area contributed by atoms with Gasteiger partial charge >= 0.3 is 0 Å². The Kier molecular flexibility index (Phi) is 4.42. The molecule has 5 nitrogen and oxygen atoms in total. The number of nitrogens with zero attached hydrogens (tertiary/aromatic N) is 3. The van der Waals surface area contributed by atoms with E-state index in [1.165, 1.54) is 10.9 Å². The highest BCUT2D eigenvalue weighted by atomic mass is 16.3. The predicted molar refractivity (Wildman–Crippen MR) is 109 cm³/mol. The summed E-state index contributed by atoms with van der Waals surface area (Å²) in [4.78, 5) is 17.6. The van der Waals surface area contributed by atoms with Crippen molar-refractivity contribution >= 4 is 27.9 Å². The van der Waals surface area contributed by atoms with Gasteiger partial charge in [0.2, 0.25) is 0 Å². The summed E-state index contributed by atoms with van der Waals surface area (Å²) in [6.07, 6.45) is 3.02. The second-order valence-corrected chi connectivity index (χ2v) is 6.38. The molecule has 1 heterocycles. The van der Waals surface area contributed by atoms with Crippen molar-refractivity contribution in [3.63, 3.8) is 0 Å². The van der Waals surface area contributed by atoms with Gasteiger partial charge in [0.05, 0.1) is 17.1 Å². The molecule has 134 valence electrons. The first-order chi connectivity index (χ1) is 13.2. The summed E-state index contributed by atoms with van der Waals surface area (Å²) in [5.74, 6) is 0.730. The van der Waals surface area contributed by atoms with Crippen LogP contribution in [0.5, 0.6) is 5.75 Å².